The van der Waals surface area contributed by atoms with Crippen molar-refractivity contribution in [3.05, 3.63) is 21.9 Å². The Morgan fingerprint density at radius 3 is 2.77 bits per heavy atom. The summed E-state index contributed by atoms with van der Waals surface area (Å²) < 4.78 is 31.0. The third kappa shape index (κ3) is 5.72. The molecule has 1 saturated heterocycles. The molecule has 0 radical (unpaired) electrons. The second-order valence-electron chi connectivity index (χ2n) is 7.11. The molecule has 1 aromatic rings. The molecule has 1 aromatic heterocycles. The van der Waals surface area contributed by atoms with Gasteiger partial charge in [0, 0.05) is 17.2 Å². The van der Waals surface area contributed by atoms with Gasteiger partial charge in [0.15, 0.2) is 5.15 Å². The van der Waals surface area contributed by atoms with Gasteiger partial charge in [-0.3, -0.25) is 4.31 Å². The number of likely N-dealkylation sites (tertiary alicyclic amines) is 1. The Labute approximate surface area is 168 Å². The SMILES string of the molecule is CC(C)(C)OC(=O)N1CCCCC1CN(c1cc(Br)cnc1Cl)[SH](=O)=O. The Bertz CT molecular complexity index is 731. The maximum atomic E-state index is 12.5. The molecule has 0 aromatic carbocycles. The molecule has 10 heteroatoms. The Morgan fingerprint density at radius 2 is 2.15 bits per heavy atom. The molecule has 146 valence electrons. The quantitative estimate of drug-likeness (QED) is 0.539. The molecule has 1 fully saturated rings. The standard InChI is InChI=1S/C16H23BrClN3O4S/c1-16(2,3)25-15(22)20-7-5-4-6-12(20)10-21(26(23)24)13-8-11(17)9-19-14(13)18/h8-9,12,26H,4-7,10H2,1-3H3. The van der Waals surface area contributed by atoms with Gasteiger partial charge in [-0.1, -0.05) is 11.6 Å². The molecule has 0 saturated carbocycles. The lowest BCUT2D eigenvalue weighted by Crippen LogP contribution is -2.50. The van der Waals surface area contributed by atoms with E-state index in [1.54, 1.807) is 31.7 Å². The van der Waals surface area contributed by atoms with Crippen molar-refractivity contribution in [3.63, 3.8) is 0 Å². The monoisotopic (exact) mass is 467 g/mol. The highest BCUT2D eigenvalue weighted by molar-refractivity contribution is 9.10. The minimum Gasteiger partial charge on any atom is -0.444 e. The highest BCUT2D eigenvalue weighted by Gasteiger charge is 2.32. The van der Waals surface area contributed by atoms with E-state index in [9.17, 15) is 13.2 Å². The van der Waals surface area contributed by atoms with Gasteiger partial charge in [0.2, 0.25) is 10.9 Å². The maximum absolute atomic E-state index is 12.5. The van der Waals surface area contributed by atoms with Crippen LogP contribution < -0.4 is 4.31 Å². The van der Waals surface area contributed by atoms with Crippen LogP contribution in [-0.4, -0.2) is 49.1 Å². The molecule has 0 aliphatic carbocycles. The van der Waals surface area contributed by atoms with Crippen LogP contribution in [0.1, 0.15) is 40.0 Å². The van der Waals surface area contributed by atoms with Gasteiger partial charge >= 0.3 is 6.09 Å². The van der Waals surface area contributed by atoms with E-state index in [0.717, 1.165) is 12.8 Å². The van der Waals surface area contributed by atoms with Crippen molar-refractivity contribution in [2.45, 2.75) is 51.7 Å². The van der Waals surface area contributed by atoms with Crippen LogP contribution in [0.5, 0.6) is 0 Å². The first-order valence-corrected chi connectivity index (χ1v) is 10.6. The molecular formula is C16H23BrClN3O4S. The molecule has 0 N–H and O–H groups in total. The lowest BCUT2D eigenvalue weighted by Gasteiger charge is -2.38. The summed E-state index contributed by atoms with van der Waals surface area (Å²) in [6, 6.07) is 1.31. The van der Waals surface area contributed by atoms with E-state index < -0.39 is 22.6 Å². The van der Waals surface area contributed by atoms with Crippen LogP contribution in [0.25, 0.3) is 0 Å². The molecule has 1 atom stereocenters. The molecule has 1 aliphatic rings. The summed E-state index contributed by atoms with van der Waals surface area (Å²) in [4.78, 5) is 18.1. The Morgan fingerprint density at radius 1 is 1.46 bits per heavy atom. The summed E-state index contributed by atoms with van der Waals surface area (Å²) in [5.41, 5.74) is -0.327. The van der Waals surface area contributed by atoms with Crippen LogP contribution in [0, 0.1) is 0 Å². The van der Waals surface area contributed by atoms with Gasteiger partial charge in [-0.2, -0.15) is 0 Å². The molecular weight excluding hydrogens is 446 g/mol. The van der Waals surface area contributed by atoms with Gasteiger partial charge in [-0.25, -0.2) is 18.2 Å². The first kappa shape index (κ1) is 21.2. The number of amides is 1. The van der Waals surface area contributed by atoms with Crippen LogP contribution >= 0.6 is 27.5 Å². The number of piperidine rings is 1. The maximum Gasteiger partial charge on any atom is 0.410 e. The average Bonchev–Trinajstić information content (AvgIpc) is 2.53. The largest absolute Gasteiger partial charge is 0.444 e. The van der Waals surface area contributed by atoms with E-state index in [4.69, 9.17) is 16.3 Å². The molecule has 26 heavy (non-hydrogen) atoms. The Hall–Kier alpha value is -1.06. The van der Waals surface area contributed by atoms with Gasteiger partial charge in [0.05, 0.1) is 18.3 Å². The fourth-order valence-electron chi connectivity index (χ4n) is 2.80. The first-order valence-electron chi connectivity index (χ1n) is 8.31. The number of carbonyl (C=O) groups is 1. The minimum absolute atomic E-state index is 0.0898. The van der Waals surface area contributed by atoms with Crippen LogP contribution in [0.4, 0.5) is 10.5 Å². The normalized spacial score (nSPS) is 18.1. The number of ether oxygens (including phenoxy) is 1. The number of carbonyl (C=O) groups excluding carboxylic acids is 1. The summed E-state index contributed by atoms with van der Waals surface area (Å²) in [7, 11) is -2.95. The topological polar surface area (TPSA) is 79.8 Å². The number of aromatic nitrogens is 1. The van der Waals surface area contributed by atoms with Crippen LogP contribution in [-0.2, 0) is 15.6 Å². The second kappa shape index (κ2) is 8.75. The Kier molecular flexibility index (Phi) is 7.15. The van der Waals surface area contributed by atoms with Crippen molar-refractivity contribution < 1.29 is 17.9 Å². The van der Waals surface area contributed by atoms with Crippen molar-refractivity contribution in [1.29, 1.82) is 0 Å². The van der Waals surface area contributed by atoms with E-state index >= 15 is 0 Å². The summed E-state index contributed by atoms with van der Waals surface area (Å²) in [6.45, 7) is 6.05. The van der Waals surface area contributed by atoms with Crippen molar-refractivity contribution in [2.75, 3.05) is 17.4 Å². The lowest BCUT2D eigenvalue weighted by molar-refractivity contribution is 0.0110. The zero-order valence-corrected chi connectivity index (χ0v) is 18.2. The van der Waals surface area contributed by atoms with Crippen LogP contribution in [0.3, 0.4) is 0 Å². The number of rotatable bonds is 4. The van der Waals surface area contributed by atoms with E-state index in [0.29, 0.717) is 17.4 Å². The van der Waals surface area contributed by atoms with Gasteiger partial charge in [0.25, 0.3) is 0 Å². The van der Waals surface area contributed by atoms with E-state index in [1.165, 1.54) is 10.5 Å². The van der Waals surface area contributed by atoms with E-state index in [2.05, 4.69) is 20.9 Å². The summed E-state index contributed by atoms with van der Waals surface area (Å²) in [6.07, 6.45) is 3.53. The molecule has 7 nitrogen and oxygen atoms in total. The molecule has 1 unspecified atom stereocenters. The van der Waals surface area contributed by atoms with Crippen molar-refractivity contribution in [2.24, 2.45) is 0 Å². The average molecular weight is 469 g/mol. The second-order valence-corrected chi connectivity index (χ2v) is 9.34. The number of hydrogen-bond acceptors (Lipinski definition) is 5. The summed E-state index contributed by atoms with van der Waals surface area (Å²) in [5, 5.41) is 0.0898. The highest BCUT2D eigenvalue weighted by Crippen LogP contribution is 2.29. The van der Waals surface area contributed by atoms with Crippen LogP contribution in [0.2, 0.25) is 5.15 Å². The smallest absolute Gasteiger partial charge is 0.410 e. The third-order valence-corrected chi connectivity index (χ3v) is 5.40. The summed E-state index contributed by atoms with van der Waals surface area (Å²) >= 11 is 9.37. The Balaban J connectivity index is 2.25. The zero-order valence-electron chi connectivity index (χ0n) is 14.9. The number of thiol groups is 1. The number of nitrogens with zero attached hydrogens (tertiary/aromatic N) is 3. The summed E-state index contributed by atoms with van der Waals surface area (Å²) in [5.74, 6) is 0. The predicted octanol–water partition coefficient (Wildman–Crippen LogP) is 3.62. The number of pyridine rings is 1. The lowest BCUT2D eigenvalue weighted by atomic mass is 10.0. The predicted molar refractivity (Wildman–Crippen MR) is 105 cm³/mol. The highest BCUT2D eigenvalue weighted by atomic mass is 79.9. The van der Waals surface area contributed by atoms with Crippen molar-refractivity contribution in [3.8, 4) is 0 Å². The van der Waals surface area contributed by atoms with Gasteiger partial charge in [-0.05, 0) is 62.0 Å². The molecule has 0 bridgehead atoms. The first-order chi connectivity index (χ1) is 12.1. The third-order valence-electron chi connectivity index (χ3n) is 3.90. The molecule has 2 heterocycles. The van der Waals surface area contributed by atoms with Gasteiger partial charge in [-0.15, -0.1) is 0 Å². The number of anilines is 1. The molecule has 0 spiro atoms. The molecule has 1 aliphatic heterocycles. The molecule has 1 amide bonds. The zero-order chi connectivity index (χ0) is 19.5. The van der Waals surface area contributed by atoms with Crippen molar-refractivity contribution >= 4 is 50.2 Å². The van der Waals surface area contributed by atoms with Crippen molar-refractivity contribution in [1.82, 2.24) is 9.88 Å². The van der Waals surface area contributed by atoms with Gasteiger partial charge in [0.1, 0.15) is 5.60 Å². The molecule has 2 rings (SSSR count). The minimum atomic E-state index is -2.95. The fourth-order valence-corrected chi connectivity index (χ4v) is 4.03. The van der Waals surface area contributed by atoms with E-state index in [1.807, 2.05) is 0 Å². The fraction of sp³-hybridized carbons (Fsp3) is 0.625. The number of halogens is 2. The van der Waals surface area contributed by atoms with Crippen LogP contribution in [0.15, 0.2) is 16.7 Å². The van der Waals surface area contributed by atoms with Gasteiger partial charge < -0.3 is 9.64 Å². The van der Waals surface area contributed by atoms with E-state index in [-0.39, 0.29) is 23.4 Å². The number of hydrogen-bond donors (Lipinski definition) is 1.